The number of ether oxygens (including phenoxy) is 2. The summed E-state index contributed by atoms with van der Waals surface area (Å²) in [5, 5.41) is 3.84. The van der Waals surface area contributed by atoms with Gasteiger partial charge in [0.15, 0.2) is 0 Å². The maximum Gasteiger partial charge on any atom is 0.143 e. The van der Waals surface area contributed by atoms with Crippen LogP contribution in [0, 0.1) is 0 Å². The van der Waals surface area contributed by atoms with Crippen LogP contribution in [0.25, 0.3) is 0 Å². The summed E-state index contributed by atoms with van der Waals surface area (Å²) in [4.78, 5) is 4.14. The largest absolute Gasteiger partial charge is 0.495 e. The highest BCUT2D eigenvalue weighted by molar-refractivity contribution is 6.32. The lowest BCUT2D eigenvalue weighted by Gasteiger charge is -2.14. The molecule has 0 amide bonds. The van der Waals surface area contributed by atoms with Crippen molar-refractivity contribution in [2.75, 3.05) is 19.5 Å². The second-order valence-electron chi connectivity index (χ2n) is 4.21. The predicted octanol–water partition coefficient (Wildman–Crippen LogP) is 3.19. The molecular weight excluding hydrogens is 278 g/mol. The van der Waals surface area contributed by atoms with Crippen LogP contribution >= 0.6 is 11.6 Å². The van der Waals surface area contributed by atoms with Gasteiger partial charge in [-0.25, -0.2) is 4.98 Å². The zero-order chi connectivity index (χ0) is 14.5. The van der Waals surface area contributed by atoms with E-state index in [0.29, 0.717) is 23.1 Å². The van der Waals surface area contributed by atoms with Crippen molar-refractivity contribution in [1.82, 2.24) is 9.55 Å². The van der Waals surface area contributed by atoms with Crippen LogP contribution in [0.5, 0.6) is 11.5 Å². The summed E-state index contributed by atoms with van der Waals surface area (Å²) in [7, 11) is 3.20. The Hall–Kier alpha value is -1.88. The van der Waals surface area contributed by atoms with Gasteiger partial charge in [-0.05, 0) is 6.92 Å². The SMILES string of the molecule is CCn1cncc1CNc1cc(OC)c(Cl)cc1OC. The summed E-state index contributed by atoms with van der Waals surface area (Å²) in [5.74, 6) is 1.29. The fourth-order valence-electron chi connectivity index (χ4n) is 1.96. The maximum atomic E-state index is 6.08. The molecule has 0 fully saturated rings. The van der Waals surface area contributed by atoms with Gasteiger partial charge in [0.1, 0.15) is 11.5 Å². The number of methoxy groups -OCH3 is 2. The summed E-state index contributed by atoms with van der Waals surface area (Å²) in [6.07, 6.45) is 3.66. The summed E-state index contributed by atoms with van der Waals surface area (Å²) < 4.78 is 12.6. The van der Waals surface area contributed by atoms with E-state index in [2.05, 4.69) is 21.8 Å². The predicted molar refractivity (Wildman–Crippen MR) is 79.8 cm³/mol. The number of rotatable bonds is 6. The van der Waals surface area contributed by atoms with Crippen molar-refractivity contribution in [2.45, 2.75) is 20.0 Å². The van der Waals surface area contributed by atoms with Crippen LogP contribution in [0.3, 0.4) is 0 Å². The fourth-order valence-corrected chi connectivity index (χ4v) is 2.20. The van der Waals surface area contributed by atoms with Crippen LogP contribution in [0.15, 0.2) is 24.7 Å². The molecule has 1 aromatic heterocycles. The van der Waals surface area contributed by atoms with Crippen LogP contribution < -0.4 is 14.8 Å². The lowest BCUT2D eigenvalue weighted by atomic mass is 10.2. The molecule has 0 aliphatic rings. The molecule has 20 heavy (non-hydrogen) atoms. The summed E-state index contributed by atoms with van der Waals surface area (Å²) >= 11 is 6.08. The molecule has 2 rings (SSSR count). The van der Waals surface area contributed by atoms with Gasteiger partial charge in [0, 0.05) is 24.9 Å². The Balaban J connectivity index is 2.20. The van der Waals surface area contributed by atoms with Gasteiger partial charge in [-0.3, -0.25) is 0 Å². The van der Waals surface area contributed by atoms with E-state index < -0.39 is 0 Å². The molecule has 0 bridgehead atoms. The Bertz CT molecular complexity index is 584. The van der Waals surface area contributed by atoms with E-state index in [1.54, 1.807) is 20.3 Å². The molecule has 0 atom stereocenters. The molecule has 1 heterocycles. The van der Waals surface area contributed by atoms with E-state index in [-0.39, 0.29) is 0 Å². The third kappa shape index (κ3) is 2.99. The number of halogens is 1. The van der Waals surface area contributed by atoms with Crippen molar-refractivity contribution in [2.24, 2.45) is 0 Å². The second kappa shape index (κ2) is 6.52. The number of aromatic nitrogens is 2. The first-order valence-corrected chi connectivity index (χ1v) is 6.71. The topological polar surface area (TPSA) is 48.3 Å². The first-order valence-electron chi connectivity index (χ1n) is 6.34. The summed E-state index contributed by atoms with van der Waals surface area (Å²) in [6, 6.07) is 3.56. The summed E-state index contributed by atoms with van der Waals surface area (Å²) in [5.41, 5.74) is 1.93. The average Bonchev–Trinajstić information content (AvgIpc) is 2.92. The van der Waals surface area contributed by atoms with Crippen LogP contribution in [0.4, 0.5) is 5.69 Å². The van der Waals surface area contributed by atoms with Gasteiger partial charge in [-0.1, -0.05) is 11.6 Å². The van der Waals surface area contributed by atoms with Gasteiger partial charge in [0.05, 0.1) is 43.5 Å². The van der Waals surface area contributed by atoms with E-state index in [9.17, 15) is 0 Å². The van der Waals surface area contributed by atoms with E-state index in [1.165, 1.54) is 0 Å². The van der Waals surface area contributed by atoms with Gasteiger partial charge < -0.3 is 19.4 Å². The number of hydrogen-bond acceptors (Lipinski definition) is 4. The molecule has 0 aliphatic carbocycles. The lowest BCUT2D eigenvalue weighted by molar-refractivity contribution is 0.404. The number of aryl methyl sites for hydroxylation is 1. The van der Waals surface area contributed by atoms with E-state index in [0.717, 1.165) is 17.9 Å². The van der Waals surface area contributed by atoms with Gasteiger partial charge in [0.25, 0.3) is 0 Å². The van der Waals surface area contributed by atoms with Crippen molar-refractivity contribution in [1.29, 1.82) is 0 Å². The molecule has 0 spiro atoms. The van der Waals surface area contributed by atoms with Crippen LogP contribution in [-0.4, -0.2) is 23.8 Å². The number of benzene rings is 1. The van der Waals surface area contributed by atoms with Crippen molar-refractivity contribution in [3.63, 3.8) is 0 Å². The Labute approximate surface area is 123 Å². The standard InChI is InChI=1S/C14H18ClN3O2/c1-4-18-9-16-7-10(18)8-17-12-6-13(19-2)11(15)5-14(12)20-3/h5-7,9,17H,4,8H2,1-3H3. The average molecular weight is 296 g/mol. The van der Waals surface area contributed by atoms with Gasteiger partial charge >= 0.3 is 0 Å². The highest BCUT2D eigenvalue weighted by atomic mass is 35.5. The normalized spacial score (nSPS) is 10.4. The Morgan fingerprint density at radius 3 is 2.65 bits per heavy atom. The van der Waals surface area contributed by atoms with E-state index in [4.69, 9.17) is 21.1 Å². The number of nitrogens with zero attached hydrogens (tertiary/aromatic N) is 2. The number of imidazole rings is 1. The highest BCUT2D eigenvalue weighted by Crippen LogP contribution is 2.36. The Kier molecular flexibility index (Phi) is 4.74. The molecule has 0 saturated heterocycles. The quantitative estimate of drug-likeness (QED) is 0.889. The van der Waals surface area contributed by atoms with E-state index in [1.807, 2.05) is 18.6 Å². The minimum atomic E-state index is 0.522. The first-order chi connectivity index (χ1) is 9.69. The zero-order valence-electron chi connectivity index (χ0n) is 11.8. The van der Waals surface area contributed by atoms with Crippen molar-refractivity contribution in [3.8, 4) is 11.5 Å². The van der Waals surface area contributed by atoms with Crippen LogP contribution in [0.2, 0.25) is 5.02 Å². The highest BCUT2D eigenvalue weighted by Gasteiger charge is 2.10. The first kappa shape index (κ1) is 14.5. The molecule has 1 N–H and O–H groups in total. The molecule has 5 nitrogen and oxygen atoms in total. The molecule has 108 valence electrons. The molecule has 1 aromatic carbocycles. The number of anilines is 1. The molecule has 0 radical (unpaired) electrons. The monoisotopic (exact) mass is 295 g/mol. The molecule has 0 aliphatic heterocycles. The lowest BCUT2D eigenvalue weighted by Crippen LogP contribution is -2.07. The van der Waals surface area contributed by atoms with E-state index >= 15 is 0 Å². The maximum absolute atomic E-state index is 6.08. The molecule has 2 aromatic rings. The number of hydrogen-bond donors (Lipinski definition) is 1. The smallest absolute Gasteiger partial charge is 0.143 e. The minimum absolute atomic E-state index is 0.522. The van der Waals surface area contributed by atoms with Crippen molar-refractivity contribution < 1.29 is 9.47 Å². The number of nitrogens with one attached hydrogen (secondary N) is 1. The van der Waals surface area contributed by atoms with Crippen LogP contribution in [0.1, 0.15) is 12.6 Å². The third-order valence-corrected chi connectivity index (χ3v) is 3.37. The molecular formula is C14H18ClN3O2. The van der Waals surface area contributed by atoms with Crippen LogP contribution in [-0.2, 0) is 13.1 Å². The molecule has 6 heteroatoms. The van der Waals surface area contributed by atoms with Gasteiger partial charge in [0.2, 0.25) is 0 Å². The van der Waals surface area contributed by atoms with Crippen molar-refractivity contribution >= 4 is 17.3 Å². The van der Waals surface area contributed by atoms with Gasteiger partial charge in [-0.2, -0.15) is 0 Å². The minimum Gasteiger partial charge on any atom is -0.495 e. The third-order valence-electron chi connectivity index (χ3n) is 3.07. The zero-order valence-corrected chi connectivity index (χ0v) is 12.6. The molecule has 0 unspecified atom stereocenters. The van der Waals surface area contributed by atoms with Gasteiger partial charge in [-0.15, -0.1) is 0 Å². The fraction of sp³-hybridized carbons (Fsp3) is 0.357. The second-order valence-corrected chi connectivity index (χ2v) is 4.62. The Morgan fingerprint density at radius 2 is 2.00 bits per heavy atom. The Morgan fingerprint density at radius 1 is 1.25 bits per heavy atom. The van der Waals surface area contributed by atoms with Crippen molar-refractivity contribution in [3.05, 3.63) is 35.4 Å². The molecule has 0 saturated carbocycles. The summed E-state index contributed by atoms with van der Waals surface area (Å²) in [6.45, 7) is 3.62.